The zero-order valence-electron chi connectivity index (χ0n) is 13.0. The number of hydrogen-bond donors (Lipinski definition) is 2. The Bertz CT molecular complexity index is 431. The first-order valence-corrected chi connectivity index (χ1v) is 7.74. The molecular weight excluding hydrogens is 248 g/mol. The minimum atomic E-state index is -0.252. The Balaban J connectivity index is 1.87. The van der Waals surface area contributed by atoms with Gasteiger partial charge in [-0.1, -0.05) is 20.8 Å². The topological polar surface area (TPSA) is 59.1 Å². The number of nitrogen functional groups attached to an aromatic ring is 1. The standard InChI is InChI=1S/C17H28N2O/c1-17(2,3)14-6-4-13(5-7-14)15(20)10-12-8-9-19-16(18)11-12/h8-9,11,13-15,20H,4-7,10H2,1-3H3,(H2,18,19). The van der Waals surface area contributed by atoms with Crippen LogP contribution in [0.15, 0.2) is 18.3 Å². The van der Waals surface area contributed by atoms with E-state index in [1.807, 2.05) is 12.1 Å². The average Bonchev–Trinajstić information content (AvgIpc) is 2.38. The van der Waals surface area contributed by atoms with Gasteiger partial charge >= 0.3 is 0 Å². The number of aromatic nitrogens is 1. The lowest BCUT2D eigenvalue weighted by atomic mass is 9.68. The third-order valence-corrected chi connectivity index (χ3v) is 4.83. The highest BCUT2D eigenvalue weighted by Gasteiger charge is 2.32. The normalized spacial score (nSPS) is 25.4. The number of hydrogen-bond acceptors (Lipinski definition) is 3. The van der Waals surface area contributed by atoms with Gasteiger partial charge < -0.3 is 10.8 Å². The van der Waals surface area contributed by atoms with E-state index in [9.17, 15) is 5.11 Å². The number of nitrogens with zero attached hydrogens (tertiary/aromatic N) is 1. The summed E-state index contributed by atoms with van der Waals surface area (Å²) in [6.07, 6.45) is 6.92. The molecule has 112 valence electrons. The molecule has 0 radical (unpaired) electrons. The maximum absolute atomic E-state index is 10.4. The van der Waals surface area contributed by atoms with Crippen molar-refractivity contribution < 1.29 is 5.11 Å². The second-order valence-corrected chi connectivity index (χ2v) is 7.34. The van der Waals surface area contributed by atoms with Gasteiger partial charge in [-0.15, -0.1) is 0 Å². The third kappa shape index (κ3) is 3.95. The van der Waals surface area contributed by atoms with Crippen molar-refractivity contribution >= 4 is 5.82 Å². The lowest BCUT2D eigenvalue weighted by Crippen LogP contribution is -2.31. The van der Waals surface area contributed by atoms with Crippen molar-refractivity contribution in [2.45, 2.75) is 59.0 Å². The van der Waals surface area contributed by atoms with Crippen LogP contribution in [0.5, 0.6) is 0 Å². The van der Waals surface area contributed by atoms with Crippen LogP contribution in [0.3, 0.4) is 0 Å². The van der Waals surface area contributed by atoms with Crippen molar-refractivity contribution in [3.8, 4) is 0 Å². The van der Waals surface area contributed by atoms with Crippen LogP contribution < -0.4 is 5.73 Å². The van der Waals surface area contributed by atoms with Gasteiger partial charge in [0, 0.05) is 6.20 Å². The van der Waals surface area contributed by atoms with Crippen LogP contribution in [-0.2, 0) is 6.42 Å². The van der Waals surface area contributed by atoms with Gasteiger partial charge in [0.1, 0.15) is 5.82 Å². The van der Waals surface area contributed by atoms with E-state index < -0.39 is 0 Å². The molecule has 1 heterocycles. The number of nitrogens with two attached hydrogens (primary N) is 1. The van der Waals surface area contributed by atoms with Gasteiger partial charge in [0.05, 0.1) is 6.10 Å². The average molecular weight is 276 g/mol. The number of aliphatic hydroxyl groups is 1. The zero-order valence-corrected chi connectivity index (χ0v) is 13.0. The largest absolute Gasteiger partial charge is 0.392 e. The summed E-state index contributed by atoms with van der Waals surface area (Å²) in [5.41, 5.74) is 7.17. The van der Waals surface area contributed by atoms with Gasteiger partial charge in [-0.25, -0.2) is 4.98 Å². The first-order valence-electron chi connectivity index (χ1n) is 7.74. The highest BCUT2D eigenvalue weighted by atomic mass is 16.3. The Kier molecular flexibility index (Phi) is 4.69. The second-order valence-electron chi connectivity index (χ2n) is 7.34. The van der Waals surface area contributed by atoms with Gasteiger partial charge in [-0.05, 0) is 67.1 Å². The van der Waals surface area contributed by atoms with Crippen LogP contribution in [-0.4, -0.2) is 16.2 Å². The van der Waals surface area contributed by atoms with Crippen molar-refractivity contribution in [1.29, 1.82) is 0 Å². The fraction of sp³-hybridized carbons (Fsp3) is 0.706. The van der Waals surface area contributed by atoms with Crippen molar-refractivity contribution in [2.24, 2.45) is 17.3 Å². The fourth-order valence-electron chi connectivity index (χ4n) is 3.40. The third-order valence-electron chi connectivity index (χ3n) is 4.83. The van der Waals surface area contributed by atoms with E-state index in [1.54, 1.807) is 6.20 Å². The highest BCUT2D eigenvalue weighted by Crippen LogP contribution is 2.41. The number of rotatable bonds is 3. The summed E-state index contributed by atoms with van der Waals surface area (Å²) in [4.78, 5) is 3.99. The van der Waals surface area contributed by atoms with Crippen LogP contribution in [0.1, 0.15) is 52.0 Å². The van der Waals surface area contributed by atoms with Crippen molar-refractivity contribution in [1.82, 2.24) is 4.98 Å². The highest BCUT2D eigenvalue weighted by molar-refractivity contribution is 5.32. The maximum atomic E-state index is 10.4. The Morgan fingerprint density at radius 1 is 1.30 bits per heavy atom. The molecule has 0 aromatic carbocycles. The molecule has 1 aliphatic carbocycles. The van der Waals surface area contributed by atoms with E-state index in [4.69, 9.17) is 5.73 Å². The first-order chi connectivity index (χ1) is 9.36. The molecule has 3 nitrogen and oxygen atoms in total. The summed E-state index contributed by atoms with van der Waals surface area (Å²) < 4.78 is 0. The Labute approximate surface area is 122 Å². The smallest absolute Gasteiger partial charge is 0.123 e. The molecule has 2 rings (SSSR count). The van der Waals surface area contributed by atoms with Gasteiger partial charge in [0.25, 0.3) is 0 Å². The van der Waals surface area contributed by atoms with Gasteiger partial charge in [0.2, 0.25) is 0 Å². The number of anilines is 1. The molecule has 0 spiro atoms. The molecule has 0 amide bonds. The predicted octanol–water partition coefficient (Wildman–Crippen LogP) is 3.42. The van der Waals surface area contributed by atoms with E-state index in [0.717, 1.165) is 24.3 Å². The van der Waals surface area contributed by atoms with E-state index in [2.05, 4.69) is 25.8 Å². The fourth-order valence-corrected chi connectivity index (χ4v) is 3.40. The molecule has 1 aliphatic rings. The van der Waals surface area contributed by atoms with Gasteiger partial charge in [0.15, 0.2) is 0 Å². The van der Waals surface area contributed by atoms with E-state index in [-0.39, 0.29) is 6.10 Å². The Morgan fingerprint density at radius 2 is 1.95 bits per heavy atom. The molecule has 1 fully saturated rings. The van der Waals surface area contributed by atoms with Crippen LogP contribution in [0.2, 0.25) is 0 Å². The molecule has 1 saturated carbocycles. The summed E-state index contributed by atoms with van der Waals surface area (Å²) in [5, 5.41) is 10.4. The predicted molar refractivity (Wildman–Crippen MR) is 83.3 cm³/mol. The van der Waals surface area contributed by atoms with E-state index in [1.165, 1.54) is 12.8 Å². The molecule has 0 aliphatic heterocycles. The molecule has 1 atom stereocenters. The molecule has 3 heteroatoms. The van der Waals surface area contributed by atoms with E-state index in [0.29, 0.717) is 23.6 Å². The SMILES string of the molecule is CC(C)(C)C1CCC(C(O)Cc2ccnc(N)c2)CC1. The Morgan fingerprint density at radius 3 is 2.50 bits per heavy atom. The molecular formula is C17H28N2O. The maximum Gasteiger partial charge on any atom is 0.123 e. The second kappa shape index (κ2) is 6.13. The molecule has 1 unspecified atom stereocenters. The quantitative estimate of drug-likeness (QED) is 0.889. The van der Waals surface area contributed by atoms with Gasteiger partial charge in [-0.2, -0.15) is 0 Å². The van der Waals surface area contributed by atoms with Crippen molar-refractivity contribution in [3.05, 3.63) is 23.9 Å². The minimum absolute atomic E-state index is 0.252. The molecule has 20 heavy (non-hydrogen) atoms. The van der Waals surface area contributed by atoms with Crippen molar-refractivity contribution in [3.63, 3.8) is 0 Å². The summed E-state index contributed by atoms with van der Waals surface area (Å²) in [6.45, 7) is 6.98. The van der Waals surface area contributed by atoms with Crippen molar-refractivity contribution in [2.75, 3.05) is 5.73 Å². The van der Waals surface area contributed by atoms with E-state index >= 15 is 0 Å². The first kappa shape index (κ1) is 15.3. The van der Waals surface area contributed by atoms with Crippen LogP contribution in [0.4, 0.5) is 5.82 Å². The van der Waals surface area contributed by atoms with Crippen LogP contribution in [0.25, 0.3) is 0 Å². The molecule has 3 N–H and O–H groups in total. The van der Waals surface area contributed by atoms with Crippen LogP contribution in [0, 0.1) is 17.3 Å². The summed E-state index contributed by atoms with van der Waals surface area (Å²) >= 11 is 0. The number of aliphatic hydroxyl groups excluding tert-OH is 1. The molecule has 1 aromatic rings. The Hall–Kier alpha value is -1.09. The van der Waals surface area contributed by atoms with Gasteiger partial charge in [-0.3, -0.25) is 0 Å². The number of pyridine rings is 1. The molecule has 0 bridgehead atoms. The molecule has 1 aromatic heterocycles. The monoisotopic (exact) mass is 276 g/mol. The van der Waals surface area contributed by atoms with Crippen LogP contribution >= 0.6 is 0 Å². The minimum Gasteiger partial charge on any atom is -0.392 e. The zero-order chi connectivity index (χ0) is 14.8. The lowest BCUT2D eigenvalue weighted by molar-refractivity contribution is 0.0537. The summed E-state index contributed by atoms with van der Waals surface area (Å²) in [5.74, 6) is 1.76. The molecule has 0 saturated heterocycles. The summed E-state index contributed by atoms with van der Waals surface area (Å²) in [7, 11) is 0. The lowest BCUT2D eigenvalue weighted by Gasteiger charge is -2.38. The summed E-state index contributed by atoms with van der Waals surface area (Å²) in [6, 6.07) is 3.81.